The summed E-state index contributed by atoms with van der Waals surface area (Å²) in [6, 6.07) is 8.93. The number of amides is 1. The van der Waals surface area contributed by atoms with E-state index in [4.69, 9.17) is 19.6 Å². The number of fused-ring (bicyclic) bond motifs is 2. The molecular formula is C31H35N9O5S. The number of sulfonamides is 1. The number of alkyl carbamates (subject to hydrolysis) is 1. The molecule has 240 valence electrons. The molecule has 2 fully saturated rings. The van der Waals surface area contributed by atoms with Gasteiger partial charge in [0.2, 0.25) is 10.0 Å². The second-order valence-electron chi connectivity index (χ2n) is 12.7. The molecule has 3 N–H and O–H groups in total. The standard InChI is InChI=1S/C31H35N9O5S/c1-31(2,3)45-30(41)36-20-12-19(13-20)35-28-23-16-33-24(22-17-34-39-11-5-10-32-29(22)39)15-26(23)40(37-28)25-9-6-18(14-27(25)44-4)38-46(42,43)21-7-8-21/h5-6,9-11,14-17,19-21,38H,7-8,12-13H2,1-4H3,(H,35,37)(H,36,41). The minimum atomic E-state index is -3.45. The zero-order valence-corrected chi connectivity index (χ0v) is 26.7. The summed E-state index contributed by atoms with van der Waals surface area (Å²) < 4.78 is 42.4. The number of nitrogens with zero attached hydrogens (tertiary/aromatic N) is 6. The van der Waals surface area contributed by atoms with Crippen molar-refractivity contribution in [1.82, 2.24) is 34.7 Å². The van der Waals surface area contributed by atoms with Gasteiger partial charge in [0.15, 0.2) is 11.5 Å². The van der Waals surface area contributed by atoms with Gasteiger partial charge in [-0.1, -0.05) is 0 Å². The molecule has 46 heavy (non-hydrogen) atoms. The third-order valence-corrected chi connectivity index (χ3v) is 9.82. The van der Waals surface area contributed by atoms with Gasteiger partial charge in [-0.2, -0.15) is 5.10 Å². The molecule has 0 bridgehead atoms. The summed E-state index contributed by atoms with van der Waals surface area (Å²) in [7, 11) is -1.91. The van der Waals surface area contributed by atoms with Gasteiger partial charge in [-0.3, -0.25) is 9.71 Å². The minimum absolute atomic E-state index is 0.0133. The fourth-order valence-electron chi connectivity index (χ4n) is 5.52. The van der Waals surface area contributed by atoms with E-state index in [0.717, 1.165) is 16.5 Å². The zero-order chi connectivity index (χ0) is 32.2. The Hall–Kier alpha value is -4.92. The summed E-state index contributed by atoms with van der Waals surface area (Å²) in [6.45, 7) is 5.50. The molecule has 2 aliphatic rings. The molecule has 1 amide bonds. The summed E-state index contributed by atoms with van der Waals surface area (Å²) in [6.07, 6.45) is 9.32. The first kappa shape index (κ1) is 29.8. The van der Waals surface area contributed by atoms with Crippen LogP contribution in [0.4, 0.5) is 16.3 Å². The van der Waals surface area contributed by atoms with Gasteiger partial charge < -0.3 is 20.1 Å². The molecule has 0 spiro atoms. The molecule has 0 aliphatic heterocycles. The lowest BCUT2D eigenvalue weighted by molar-refractivity contribution is 0.0475. The number of ether oxygens (including phenoxy) is 2. The van der Waals surface area contributed by atoms with Crippen LogP contribution in [0, 0.1) is 0 Å². The van der Waals surface area contributed by atoms with Crippen LogP contribution in [-0.4, -0.2) is 73.9 Å². The van der Waals surface area contributed by atoms with Crippen LogP contribution in [0.3, 0.4) is 0 Å². The Kier molecular flexibility index (Phi) is 7.22. The van der Waals surface area contributed by atoms with E-state index in [-0.39, 0.29) is 17.3 Å². The summed E-state index contributed by atoms with van der Waals surface area (Å²) >= 11 is 0. The number of carbonyl (C=O) groups excluding carboxylic acids is 1. The van der Waals surface area contributed by atoms with E-state index in [9.17, 15) is 13.2 Å². The van der Waals surface area contributed by atoms with Gasteiger partial charge in [-0.15, -0.1) is 5.10 Å². The van der Waals surface area contributed by atoms with Crippen molar-refractivity contribution >= 4 is 44.2 Å². The van der Waals surface area contributed by atoms with E-state index < -0.39 is 21.7 Å². The maximum atomic E-state index is 12.6. The van der Waals surface area contributed by atoms with Crippen LogP contribution in [0.15, 0.2) is 55.1 Å². The number of carbonyl (C=O) groups is 1. The lowest BCUT2D eigenvalue weighted by Crippen LogP contribution is -2.50. The number of anilines is 2. The minimum Gasteiger partial charge on any atom is -0.494 e. The van der Waals surface area contributed by atoms with Crippen LogP contribution in [0.2, 0.25) is 0 Å². The van der Waals surface area contributed by atoms with Crippen LogP contribution >= 0.6 is 0 Å². The maximum Gasteiger partial charge on any atom is 0.407 e. The molecule has 14 nitrogen and oxygen atoms in total. The van der Waals surface area contributed by atoms with E-state index in [1.165, 1.54) is 7.11 Å². The van der Waals surface area contributed by atoms with Gasteiger partial charge in [0, 0.05) is 36.7 Å². The van der Waals surface area contributed by atoms with E-state index in [1.807, 2.05) is 39.1 Å². The van der Waals surface area contributed by atoms with E-state index in [0.29, 0.717) is 60.0 Å². The summed E-state index contributed by atoms with van der Waals surface area (Å²) in [5.41, 5.74) is 3.30. The average molecular weight is 646 g/mol. The number of hydrogen-bond donors (Lipinski definition) is 3. The van der Waals surface area contributed by atoms with Gasteiger partial charge in [0.1, 0.15) is 17.0 Å². The Morgan fingerprint density at radius 2 is 1.87 bits per heavy atom. The molecule has 1 aromatic carbocycles. The van der Waals surface area contributed by atoms with Gasteiger partial charge in [0.05, 0.1) is 46.4 Å². The highest BCUT2D eigenvalue weighted by molar-refractivity contribution is 7.93. The summed E-state index contributed by atoms with van der Waals surface area (Å²) in [5.74, 6) is 1.06. The average Bonchev–Trinajstić information content (AvgIpc) is 3.69. The first-order chi connectivity index (χ1) is 22.0. The van der Waals surface area contributed by atoms with Crippen molar-refractivity contribution in [3.63, 3.8) is 0 Å². The molecule has 2 saturated carbocycles. The molecule has 5 aromatic rings. The normalized spacial score (nSPS) is 18.3. The van der Waals surface area contributed by atoms with Crippen molar-refractivity contribution in [2.24, 2.45) is 0 Å². The van der Waals surface area contributed by atoms with E-state index in [2.05, 4.69) is 25.4 Å². The highest BCUT2D eigenvalue weighted by Crippen LogP contribution is 2.36. The third-order valence-electron chi connectivity index (χ3n) is 7.95. The molecule has 0 atom stereocenters. The quantitative estimate of drug-likeness (QED) is 0.208. The smallest absolute Gasteiger partial charge is 0.407 e. The molecule has 4 heterocycles. The fourth-order valence-corrected chi connectivity index (χ4v) is 6.90. The van der Waals surface area contributed by atoms with Crippen molar-refractivity contribution in [3.8, 4) is 22.7 Å². The predicted molar refractivity (Wildman–Crippen MR) is 173 cm³/mol. The van der Waals surface area contributed by atoms with E-state index >= 15 is 0 Å². The van der Waals surface area contributed by atoms with Gasteiger partial charge >= 0.3 is 6.09 Å². The SMILES string of the molecule is COc1cc(NS(=O)(=O)C2CC2)ccc1-n1nc(NC2CC(NC(=O)OC(C)(C)C)C2)c2cnc(-c3cnn4cccnc34)cc21. The lowest BCUT2D eigenvalue weighted by Gasteiger charge is -2.36. The fraction of sp³-hybridized carbons (Fsp3) is 0.387. The van der Waals surface area contributed by atoms with E-state index in [1.54, 1.807) is 46.0 Å². The number of benzene rings is 1. The third kappa shape index (κ3) is 5.89. The number of aromatic nitrogens is 6. The monoisotopic (exact) mass is 645 g/mol. The topological polar surface area (TPSA) is 167 Å². The zero-order valence-electron chi connectivity index (χ0n) is 25.9. The number of methoxy groups -OCH3 is 1. The molecule has 0 unspecified atom stereocenters. The lowest BCUT2D eigenvalue weighted by atomic mass is 9.87. The highest BCUT2D eigenvalue weighted by Gasteiger charge is 2.36. The van der Waals surface area contributed by atoms with Gasteiger partial charge in [-0.05, 0) is 70.7 Å². The Morgan fingerprint density at radius 1 is 1.07 bits per heavy atom. The second-order valence-corrected chi connectivity index (χ2v) is 14.6. The molecule has 2 aliphatic carbocycles. The van der Waals surface area contributed by atoms with Crippen LogP contribution < -0.4 is 20.1 Å². The highest BCUT2D eigenvalue weighted by atomic mass is 32.2. The Labute approximate surface area is 265 Å². The number of hydrogen-bond acceptors (Lipinski definition) is 10. The van der Waals surface area contributed by atoms with Gasteiger partial charge in [0.25, 0.3) is 0 Å². The predicted octanol–water partition coefficient (Wildman–Crippen LogP) is 4.51. The van der Waals surface area contributed by atoms with Crippen LogP contribution in [0.25, 0.3) is 33.5 Å². The maximum absolute atomic E-state index is 12.6. The molecule has 15 heteroatoms. The van der Waals surface area contributed by atoms with Crippen molar-refractivity contribution < 1.29 is 22.7 Å². The molecular weight excluding hydrogens is 610 g/mol. The van der Waals surface area contributed by atoms with Crippen LogP contribution in [-0.2, 0) is 14.8 Å². The first-order valence-electron chi connectivity index (χ1n) is 15.1. The summed E-state index contributed by atoms with van der Waals surface area (Å²) in [5, 5.41) is 16.2. The Morgan fingerprint density at radius 3 is 2.61 bits per heavy atom. The molecule has 0 saturated heterocycles. The number of rotatable bonds is 9. The van der Waals surface area contributed by atoms with Crippen molar-refractivity contribution in [1.29, 1.82) is 0 Å². The van der Waals surface area contributed by atoms with Crippen LogP contribution in [0.1, 0.15) is 46.5 Å². The largest absolute Gasteiger partial charge is 0.494 e. The van der Waals surface area contributed by atoms with Gasteiger partial charge in [-0.25, -0.2) is 27.4 Å². The first-order valence-corrected chi connectivity index (χ1v) is 16.7. The number of nitrogens with one attached hydrogen (secondary N) is 3. The molecule has 4 aromatic heterocycles. The Bertz CT molecular complexity index is 2060. The number of pyridine rings is 1. The van der Waals surface area contributed by atoms with Crippen LogP contribution in [0.5, 0.6) is 5.75 Å². The van der Waals surface area contributed by atoms with Crippen molar-refractivity contribution in [2.75, 3.05) is 17.1 Å². The molecule has 7 rings (SSSR count). The summed E-state index contributed by atoms with van der Waals surface area (Å²) in [4.78, 5) is 21.5. The molecule has 0 radical (unpaired) electrons. The Balaban J connectivity index is 1.22. The second kappa shape index (κ2) is 11.2. The van der Waals surface area contributed by atoms with Crippen molar-refractivity contribution in [3.05, 3.63) is 55.1 Å². The van der Waals surface area contributed by atoms with Crippen molar-refractivity contribution in [2.45, 2.75) is 69.4 Å².